The predicted molar refractivity (Wildman–Crippen MR) is 118 cm³/mol. The number of imide groups is 2. The van der Waals surface area contributed by atoms with Gasteiger partial charge in [-0.2, -0.15) is 0 Å². The van der Waals surface area contributed by atoms with Crippen LogP contribution >= 0.6 is 0 Å². The van der Waals surface area contributed by atoms with Gasteiger partial charge in [-0.3, -0.25) is 20.2 Å². The Hall–Kier alpha value is -3.80. The first-order valence-corrected chi connectivity index (χ1v) is 11.3. The molecule has 0 radical (unpaired) electrons. The maximum absolute atomic E-state index is 16.1. The minimum absolute atomic E-state index is 0.0482. The van der Waals surface area contributed by atoms with Gasteiger partial charge in [0.15, 0.2) is 11.2 Å². The number of barbiturate groups is 1. The van der Waals surface area contributed by atoms with Crippen LogP contribution in [0.3, 0.4) is 0 Å². The molecule has 0 unspecified atom stereocenters. The maximum atomic E-state index is 16.1. The molecule has 0 bridgehead atoms. The van der Waals surface area contributed by atoms with Gasteiger partial charge < -0.3 is 18.7 Å². The molecule has 2 saturated heterocycles. The Labute approximate surface area is 197 Å². The number of ether oxygens (including phenoxy) is 1. The monoisotopic (exact) mass is 483 g/mol. The number of carbonyl (C=O) groups is 3. The summed E-state index contributed by atoms with van der Waals surface area (Å²) in [5.74, 6) is -1.63. The molecule has 3 aliphatic rings. The lowest BCUT2D eigenvalue weighted by molar-refractivity contribution is -0.153. The molecule has 35 heavy (non-hydrogen) atoms. The summed E-state index contributed by atoms with van der Waals surface area (Å²) in [5, 5.41) is 12.9. The van der Waals surface area contributed by atoms with Crippen molar-refractivity contribution in [2.75, 3.05) is 11.4 Å². The lowest BCUT2D eigenvalue weighted by Gasteiger charge is -2.55. The van der Waals surface area contributed by atoms with E-state index in [9.17, 15) is 14.4 Å². The van der Waals surface area contributed by atoms with Crippen molar-refractivity contribution in [3.05, 3.63) is 28.9 Å². The number of benzene rings is 1. The van der Waals surface area contributed by atoms with E-state index in [2.05, 4.69) is 20.9 Å². The lowest BCUT2D eigenvalue weighted by Crippen LogP contribution is -2.75. The van der Waals surface area contributed by atoms with Gasteiger partial charge in [-0.25, -0.2) is 9.18 Å². The van der Waals surface area contributed by atoms with Crippen LogP contribution in [-0.2, 0) is 20.7 Å². The molecule has 4 amide bonds. The van der Waals surface area contributed by atoms with Crippen LogP contribution in [0.4, 0.5) is 14.9 Å². The number of hydrogen-bond donors (Lipinski definition) is 2. The highest BCUT2D eigenvalue weighted by atomic mass is 19.1. The highest BCUT2D eigenvalue weighted by Crippen LogP contribution is 2.50. The summed E-state index contributed by atoms with van der Waals surface area (Å²) in [7, 11) is 0. The fraction of sp³-hybridized carbons (Fsp3) is 0.435. The first-order chi connectivity index (χ1) is 16.6. The van der Waals surface area contributed by atoms with E-state index in [1.807, 2.05) is 6.92 Å². The Morgan fingerprint density at radius 1 is 1.11 bits per heavy atom. The van der Waals surface area contributed by atoms with Gasteiger partial charge in [0.1, 0.15) is 11.5 Å². The Kier molecular flexibility index (Phi) is 4.41. The zero-order chi connectivity index (χ0) is 24.8. The number of rotatable bonds is 1. The molecular formula is C23H22FN5O6. The number of hydrogen-bond acceptors (Lipinski definition) is 9. The average molecular weight is 483 g/mol. The number of fused-ring (bicyclic) bond motifs is 5. The quantitative estimate of drug-likeness (QED) is 0.498. The Balaban J connectivity index is 1.62. The molecule has 0 aliphatic carbocycles. The molecular weight excluding hydrogens is 461 g/mol. The summed E-state index contributed by atoms with van der Waals surface area (Å²) in [5.41, 5.74) is 0.392. The molecule has 3 aromatic rings. The first-order valence-electron chi connectivity index (χ1n) is 11.3. The van der Waals surface area contributed by atoms with E-state index in [-0.39, 0.29) is 30.3 Å². The summed E-state index contributed by atoms with van der Waals surface area (Å²) in [6.45, 7) is 7.25. The van der Waals surface area contributed by atoms with E-state index in [4.69, 9.17) is 13.8 Å². The van der Waals surface area contributed by atoms with Crippen molar-refractivity contribution in [3.63, 3.8) is 0 Å². The molecule has 1 spiro atoms. The van der Waals surface area contributed by atoms with Crippen molar-refractivity contribution in [2.24, 2.45) is 5.41 Å². The smallest absolute Gasteiger partial charge is 0.328 e. The fourth-order valence-corrected chi connectivity index (χ4v) is 5.95. The van der Waals surface area contributed by atoms with Gasteiger partial charge in [0.05, 0.1) is 40.6 Å². The van der Waals surface area contributed by atoms with Gasteiger partial charge in [0.2, 0.25) is 17.4 Å². The van der Waals surface area contributed by atoms with Gasteiger partial charge >= 0.3 is 6.03 Å². The van der Waals surface area contributed by atoms with Crippen molar-refractivity contribution in [3.8, 4) is 11.3 Å². The van der Waals surface area contributed by atoms with E-state index in [0.717, 1.165) is 0 Å². The number of aromatic nitrogens is 2. The molecule has 6 rings (SSSR count). The normalized spacial score (nSPS) is 25.5. The minimum Gasteiger partial charge on any atom is -0.372 e. The van der Waals surface area contributed by atoms with Crippen molar-refractivity contribution >= 4 is 34.5 Å². The van der Waals surface area contributed by atoms with Crippen LogP contribution < -0.4 is 15.5 Å². The molecule has 182 valence electrons. The summed E-state index contributed by atoms with van der Waals surface area (Å²) in [6.07, 6.45) is -1.06. The second-order valence-corrected chi connectivity index (χ2v) is 9.44. The highest BCUT2D eigenvalue weighted by molar-refractivity contribution is 6.20. The van der Waals surface area contributed by atoms with Crippen LogP contribution in [0.15, 0.2) is 15.1 Å². The first kappa shape index (κ1) is 21.7. The molecule has 2 fully saturated rings. The molecule has 3 atom stereocenters. The van der Waals surface area contributed by atoms with Crippen LogP contribution in [-0.4, -0.2) is 53.0 Å². The van der Waals surface area contributed by atoms with E-state index in [1.165, 1.54) is 0 Å². The molecule has 2 N–H and O–H groups in total. The Bertz CT molecular complexity index is 1400. The third-order valence-electron chi connectivity index (χ3n) is 7.24. The largest absolute Gasteiger partial charge is 0.372 e. The third-order valence-corrected chi connectivity index (χ3v) is 7.24. The number of nitrogens with zero attached hydrogens (tertiary/aromatic N) is 3. The summed E-state index contributed by atoms with van der Waals surface area (Å²) in [6, 6.07) is -0.0520. The molecule has 3 aliphatic heterocycles. The van der Waals surface area contributed by atoms with E-state index >= 15 is 4.39 Å². The fourth-order valence-electron chi connectivity index (χ4n) is 5.95. The summed E-state index contributed by atoms with van der Waals surface area (Å²) >= 11 is 0. The van der Waals surface area contributed by atoms with E-state index in [1.54, 1.807) is 31.7 Å². The Morgan fingerprint density at radius 2 is 1.83 bits per heavy atom. The van der Waals surface area contributed by atoms with Crippen molar-refractivity contribution in [1.29, 1.82) is 0 Å². The number of carbonyl (C=O) groups excluding carboxylic acids is 3. The second kappa shape index (κ2) is 7.11. The van der Waals surface area contributed by atoms with Gasteiger partial charge in [0, 0.05) is 13.0 Å². The third kappa shape index (κ3) is 2.76. The van der Waals surface area contributed by atoms with Gasteiger partial charge in [0.25, 0.3) is 0 Å². The molecule has 11 nitrogen and oxygen atoms in total. The van der Waals surface area contributed by atoms with Gasteiger partial charge in [-0.1, -0.05) is 10.3 Å². The van der Waals surface area contributed by atoms with Crippen LogP contribution in [0.2, 0.25) is 0 Å². The van der Waals surface area contributed by atoms with Crippen LogP contribution in [0.5, 0.6) is 0 Å². The average Bonchev–Trinajstić information content (AvgIpc) is 3.33. The van der Waals surface area contributed by atoms with E-state index < -0.39 is 41.2 Å². The number of anilines is 1. The number of aryl methyl sites for hydroxylation is 2. The minimum atomic E-state index is -1.71. The molecule has 5 heterocycles. The number of halogens is 1. The number of morpholine rings is 1. The highest BCUT2D eigenvalue weighted by Gasteiger charge is 2.63. The SMILES string of the molecule is Cc1noc(C)c1-c1noc2c(F)c3c(cc12)CC1(C(=O)NC(=O)NC1=O)[C@@H]1[C@@H](C)O[C@@H](C)CN31. The van der Waals surface area contributed by atoms with Crippen molar-refractivity contribution in [2.45, 2.75) is 52.4 Å². The maximum Gasteiger partial charge on any atom is 0.328 e. The molecule has 12 heteroatoms. The second-order valence-electron chi connectivity index (χ2n) is 9.44. The molecule has 0 saturated carbocycles. The standard InChI is InChI=1S/C23H22FN5O6/c1-8-7-29-17-12(6-23(19(29)11(4)33-8)20(30)25-22(32)26-21(23)31)5-13-16(28-35-18(13)15(17)24)14-9(2)27-34-10(14)3/h5,8,11,19H,6-7H2,1-4H3,(H2,25,26,30,31,32)/t8-,11+,19-/m0/s1. The van der Waals surface area contributed by atoms with Crippen LogP contribution in [0, 0.1) is 25.1 Å². The number of urea groups is 1. The zero-order valence-corrected chi connectivity index (χ0v) is 19.4. The van der Waals surface area contributed by atoms with Crippen molar-refractivity contribution < 1.29 is 32.6 Å². The van der Waals surface area contributed by atoms with E-state index in [0.29, 0.717) is 33.7 Å². The van der Waals surface area contributed by atoms with Gasteiger partial charge in [-0.05, 0) is 39.3 Å². The zero-order valence-electron chi connectivity index (χ0n) is 19.4. The van der Waals surface area contributed by atoms with Crippen molar-refractivity contribution in [1.82, 2.24) is 20.9 Å². The molecule has 2 aromatic heterocycles. The van der Waals surface area contributed by atoms with Gasteiger partial charge in [-0.15, -0.1) is 0 Å². The lowest BCUT2D eigenvalue weighted by atomic mass is 9.66. The predicted octanol–water partition coefficient (Wildman–Crippen LogP) is 2.13. The summed E-state index contributed by atoms with van der Waals surface area (Å²) in [4.78, 5) is 40.2. The van der Waals surface area contributed by atoms with Crippen LogP contribution in [0.1, 0.15) is 30.9 Å². The Morgan fingerprint density at radius 3 is 2.49 bits per heavy atom. The molecule has 1 aromatic carbocycles. The summed E-state index contributed by atoms with van der Waals surface area (Å²) < 4.78 is 32.8. The number of nitrogens with one attached hydrogen (secondary N) is 2. The topological polar surface area (TPSA) is 140 Å². The number of amides is 4. The van der Waals surface area contributed by atoms with Crippen LogP contribution in [0.25, 0.3) is 22.2 Å².